The average molecular weight is 938 g/mol. The Kier molecular flexibility index (Phi) is 13.6. The Morgan fingerprint density at radius 1 is 0.652 bits per heavy atom. The van der Waals surface area contributed by atoms with Crippen molar-refractivity contribution < 1.29 is 23.9 Å². The largest absolute Gasteiger partial charge is 0.449 e. The molecule has 3 fully saturated rings. The maximum absolute atomic E-state index is 14.4. The smallest absolute Gasteiger partial charge is 0.408 e. The van der Waals surface area contributed by atoms with Crippen LogP contribution in [0, 0.1) is 0 Å². The summed E-state index contributed by atoms with van der Waals surface area (Å²) >= 11 is 7.02. The SMILES string of the molecule is C=C(CCC(=O)OC(c1ccccc1)(c1ccc(C2CCCCCC2)cc1)c1ccccc1Cl)c1ccc([C@@H]2CC2(NC(=O)OCC2c3ccccc3-c3ccccc32)C(=O)N2CCCCC2)cc1. The Morgan fingerprint density at radius 3 is 1.90 bits per heavy atom. The monoisotopic (exact) mass is 936 g/mol. The number of alkyl carbamates (subject to hydrolysis) is 1. The maximum atomic E-state index is 14.4. The third-order valence-corrected chi connectivity index (χ3v) is 15.7. The zero-order chi connectivity index (χ0) is 47.4. The summed E-state index contributed by atoms with van der Waals surface area (Å²) in [5.41, 5.74) is 8.50. The van der Waals surface area contributed by atoms with E-state index in [1.807, 2.05) is 108 Å². The first-order chi connectivity index (χ1) is 33.7. The lowest BCUT2D eigenvalue weighted by Crippen LogP contribution is -2.53. The van der Waals surface area contributed by atoms with Crippen LogP contribution < -0.4 is 5.32 Å². The van der Waals surface area contributed by atoms with E-state index in [0.29, 0.717) is 42.4 Å². The molecule has 3 atom stereocenters. The highest BCUT2D eigenvalue weighted by Gasteiger charge is 2.63. The fraction of sp³-hybridized carbons (Fsp3) is 0.328. The zero-order valence-corrected chi connectivity index (χ0v) is 40.1. The van der Waals surface area contributed by atoms with Gasteiger partial charge in [-0.1, -0.05) is 189 Å². The minimum Gasteiger partial charge on any atom is -0.449 e. The van der Waals surface area contributed by atoms with Gasteiger partial charge in [-0.25, -0.2) is 4.79 Å². The molecule has 0 bridgehead atoms. The van der Waals surface area contributed by atoms with Gasteiger partial charge in [0.15, 0.2) is 5.60 Å². The third kappa shape index (κ3) is 9.38. The number of hydrogen-bond acceptors (Lipinski definition) is 5. The number of likely N-dealkylation sites (tertiary alicyclic amines) is 1. The van der Waals surface area contributed by atoms with E-state index in [-0.39, 0.29) is 36.7 Å². The average Bonchev–Trinajstić information content (AvgIpc) is 4.12. The van der Waals surface area contributed by atoms with Crippen molar-refractivity contribution in [2.24, 2.45) is 0 Å². The number of nitrogens with one attached hydrogen (secondary N) is 1. The number of hydrogen-bond donors (Lipinski definition) is 1. The van der Waals surface area contributed by atoms with Crippen LogP contribution in [0.4, 0.5) is 4.79 Å². The quantitative estimate of drug-likeness (QED) is 0.0668. The van der Waals surface area contributed by atoms with Crippen LogP contribution in [0.25, 0.3) is 16.7 Å². The van der Waals surface area contributed by atoms with Crippen LogP contribution >= 0.6 is 11.6 Å². The summed E-state index contributed by atoms with van der Waals surface area (Å²) in [6, 6.07) is 50.7. The third-order valence-electron chi connectivity index (χ3n) is 15.4. The highest BCUT2D eigenvalue weighted by atomic mass is 35.5. The van der Waals surface area contributed by atoms with E-state index in [1.54, 1.807) is 0 Å². The number of piperidine rings is 1. The number of ether oxygens (including phenoxy) is 2. The molecule has 1 heterocycles. The lowest BCUT2D eigenvalue weighted by atomic mass is 9.79. The molecule has 2 amide bonds. The normalized spacial score (nSPS) is 19.8. The summed E-state index contributed by atoms with van der Waals surface area (Å²) < 4.78 is 12.8. The molecule has 2 saturated carbocycles. The van der Waals surface area contributed by atoms with E-state index in [9.17, 15) is 14.4 Å². The van der Waals surface area contributed by atoms with E-state index >= 15 is 0 Å². The van der Waals surface area contributed by atoms with E-state index in [4.69, 9.17) is 21.1 Å². The molecule has 0 radical (unpaired) electrons. The summed E-state index contributed by atoms with van der Waals surface area (Å²) in [5, 5.41) is 3.61. The van der Waals surface area contributed by atoms with Gasteiger partial charge >= 0.3 is 12.1 Å². The van der Waals surface area contributed by atoms with Crippen LogP contribution in [0.3, 0.4) is 0 Å². The molecular weight excluding hydrogens is 876 g/mol. The van der Waals surface area contributed by atoms with Crippen LogP contribution in [0.1, 0.15) is 139 Å². The summed E-state index contributed by atoms with van der Waals surface area (Å²) in [5.74, 6) is -0.206. The van der Waals surface area contributed by atoms with Crippen LogP contribution in [0.15, 0.2) is 158 Å². The van der Waals surface area contributed by atoms with E-state index in [1.165, 1.54) is 44.1 Å². The number of carbonyl (C=O) groups is 3. The molecule has 4 aliphatic rings. The highest BCUT2D eigenvalue weighted by Crippen LogP contribution is 2.53. The number of halogens is 1. The molecule has 8 heteroatoms. The molecule has 0 spiro atoms. The minimum absolute atomic E-state index is 0.0494. The molecular formula is C61H61ClN2O5. The van der Waals surface area contributed by atoms with E-state index in [2.05, 4.69) is 60.4 Å². The maximum Gasteiger partial charge on any atom is 0.408 e. The summed E-state index contributed by atoms with van der Waals surface area (Å²) in [6.07, 6.45) is 10.8. The Balaban J connectivity index is 0.838. The molecule has 7 nitrogen and oxygen atoms in total. The molecule has 6 aromatic carbocycles. The van der Waals surface area contributed by atoms with Crippen LogP contribution in [0.5, 0.6) is 0 Å². The standard InChI is InChI=1S/C61H61ClN2O5/c1-42(28-37-57(65)69-61(47-20-8-4-9-21-47,54-26-14-15-27-56(54)62)48-35-33-45(34-36-48)44-18-6-2-3-7-19-44)43-29-31-46(32-30-43)55-40-60(55,58(66)64-38-16-5-17-39-64)63-59(67)68-41-53-51-24-12-10-22-49(51)50-23-11-13-25-52(50)53/h4,8-15,20-27,29-36,44,53,55H,1-3,5-7,16-19,28,37-41H2,(H,63,67)/t55-,60?,61?/m0/s1. The zero-order valence-electron chi connectivity index (χ0n) is 39.3. The van der Waals surface area contributed by atoms with Gasteiger partial charge in [0.25, 0.3) is 0 Å². The van der Waals surface area contributed by atoms with Gasteiger partial charge in [-0.3, -0.25) is 9.59 Å². The second-order valence-corrected chi connectivity index (χ2v) is 20.0. The van der Waals surface area contributed by atoms with Crippen molar-refractivity contribution in [2.45, 2.75) is 106 Å². The minimum atomic E-state index is -1.29. The lowest BCUT2D eigenvalue weighted by molar-refractivity contribution is -0.153. The Labute approximate surface area is 411 Å². The van der Waals surface area contributed by atoms with Crippen molar-refractivity contribution in [3.05, 3.63) is 208 Å². The Hall–Kier alpha value is -6.44. The van der Waals surface area contributed by atoms with E-state index in [0.717, 1.165) is 69.3 Å². The van der Waals surface area contributed by atoms with Gasteiger partial charge in [0, 0.05) is 53.1 Å². The van der Waals surface area contributed by atoms with Crippen molar-refractivity contribution in [1.82, 2.24) is 10.2 Å². The molecule has 3 aliphatic carbocycles. The number of nitrogens with zero attached hydrogens (tertiary/aromatic N) is 1. The summed E-state index contributed by atoms with van der Waals surface area (Å²) in [7, 11) is 0. The van der Waals surface area contributed by atoms with E-state index < -0.39 is 17.2 Å². The molecule has 69 heavy (non-hydrogen) atoms. The molecule has 1 aliphatic heterocycles. The van der Waals surface area contributed by atoms with Crippen molar-refractivity contribution in [3.8, 4) is 11.1 Å². The Bertz CT molecular complexity index is 2770. The number of benzene rings is 6. The first-order valence-corrected chi connectivity index (χ1v) is 25.5. The molecule has 0 aromatic heterocycles. The van der Waals surface area contributed by atoms with Crippen LogP contribution in [-0.4, -0.2) is 48.1 Å². The van der Waals surface area contributed by atoms with Gasteiger partial charge in [-0.15, -0.1) is 0 Å². The van der Waals surface area contributed by atoms with Gasteiger partial charge < -0.3 is 19.7 Å². The predicted octanol–water partition coefficient (Wildman–Crippen LogP) is 13.9. The molecule has 1 saturated heterocycles. The van der Waals surface area contributed by atoms with Gasteiger partial charge in [-0.2, -0.15) is 0 Å². The number of allylic oxidation sites excluding steroid dienone is 1. The lowest BCUT2D eigenvalue weighted by Gasteiger charge is -2.36. The van der Waals surface area contributed by atoms with Gasteiger partial charge in [0.2, 0.25) is 5.91 Å². The second-order valence-electron chi connectivity index (χ2n) is 19.6. The molecule has 352 valence electrons. The topological polar surface area (TPSA) is 84.9 Å². The summed E-state index contributed by atoms with van der Waals surface area (Å²) in [4.78, 5) is 44.4. The van der Waals surface area contributed by atoms with Gasteiger partial charge in [0.05, 0.1) is 0 Å². The van der Waals surface area contributed by atoms with Crippen molar-refractivity contribution in [3.63, 3.8) is 0 Å². The number of amides is 2. The Morgan fingerprint density at radius 2 is 1.23 bits per heavy atom. The van der Waals surface area contributed by atoms with Crippen LogP contribution in [-0.2, 0) is 24.7 Å². The predicted molar refractivity (Wildman–Crippen MR) is 274 cm³/mol. The first kappa shape index (κ1) is 46.3. The number of rotatable bonds is 14. The van der Waals surface area contributed by atoms with Gasteiger partial charge in [-0.05, 0) is 101 Å². The number of carbonyl (C=O) groups excluding carboxylic acids is 3. The summed E-state index contributed by atoms with van der Waals surface area (Å²) in [6.45, 7) is 5.94. The number of esters is 1. The molecule has 6 aromatic rings. The first-order valence-electron chi connectivity index (χ1n) is 25.1. The number of fused-ring (bicyclic) bond motifs is 3. The molecule has 2 unspecified atom stereocenters. The molecule has 10 rings (SSSR count). The fourth-order valence-electron chi connectivity index (χ4n) is 11.5. The molecule has 1 N–H and O–H groups in total. The highest BCUT2D eigenvalue weighted by molar-refractivity contribution is 6.31. The fourth-order valence-corrected chi connectivity index (χ4v) is 11.8. The van der Waals surface area contributed by atoms with Crippen molar-refractivity contribution in [2.75, 3.05) is 19.7 Å². The van der Waals surface area contributed by atoms with Gasteiger partial charge in [0.1, 0.15) is 12.1 Å². The van der Waals surface area contributed by atoms with Crippen molar-refractivity contribution in [1.29, 1.82) is 0 Å². The van der Waals surface area contributed by atoms with Crippen LogP contribution in [0.2, 0.25) is 5.02 Å². The second kappa shape index (κ2) is 20.3. The van der Waals surface area contributed by atoms with Crippen molar-refractivity contribution >= 4 is 35.1 Å².